The van der Waals surface area contributed by atoms with Gasteiger partial charge in [0, 0.05) is 56.2 Å². The van der Waals surface area contributed by atoms with Gasteiger partial charge in [-0.15, -0.1) is 0 Å². The van der Waals surface area contributed by atoms with Crippen LogP contribution in [0, 0.1) is 23.7 Å². The number of oxime groups is 1. The summed E-state index contributed by atoms with van der Waals surface area (Å²) >= 11 is 0. The van der Waals surface area contributed by atoms with E-state index in [-0.39, 0.29) is 38.4 Å². The van der Waals surface area contributed by atoms with Gasteiger partial charge in [-0.25, -0.2) is 0 Å². The molecule has 4 rings (SSSR count). The number of likely N-dealkylation sites (N-methyl/N-ethyl adjacent to an activating group) is 1. The van der Waals surface area contributed by atoms with Crippen molar-refractivity contribution in [2.24, 2.45) is 28.8 Å². The number of aromatic nitrogens is 1. The number of ketones is 1. The molecule has 0 aliphatic carbocycles. The average Bonchev–Trinajstić information content (AvgIpc) is 3.19. The molecule has 2 aliphatic rings. The lowest BCUT2D eigenvalue weighted by Gasteiger charge is -2.47. The first kappa shape index (κ1) is 47.6. The number of ether oxygens (including phenoxy) is 6. The van der Waals surface area contributed by atoms with Crippen LogP contribution in [0.1, 0.15) is 86.6 Å². The minimum atomic E-state index is -1.74. The molecule has 0 radical (unpaired) electrons. The van der Waals surface area contributed by atoms with Crippen LogP contribution in [0.3, 0.4) is 0 Å². The number of carbonyl (C=O) groups is 2. The molecule has 0 bridgehead atoms. The Bertz CT molecular complexity index is 1670. The van der Waals surface area contributed by atoms with E-state index in [2.05, 4.69) is 16.2 Å². The van der Waals surface area contributed by atoms with Gasteiger partial charge in [0.25, 0.3) is 0 Å². The van der Waals surface area contributed by atoms with E-state index >= 15 is 0 Å². The van der Waals surface area contributed by atoms with Crippen molar-refractivity contribution in [1.82, 2.24) is 9.88 Å². The van der Waals surface area contributed by atoms with Gasteiger partial charge in [0.05, 0.1) is 35.1 Å². The zero-order chi connectivity index (χ0) is 42.9. The number of nitrogens with zero attached hydrogens (tertiary/aromatic N) is 3. The summed E-state index contributed by atoms with van der Waals surface area (Å²) in [7, 11) is 6.81. The summed E-state index contributed by atoms with van der Waals surface area (Å²) in [6.07, 6.45) is -1.14. The Morgan fingerprint density at radius 1 is 1.03 bits per heavy atom. The number of esters is 1. The molecule has 2 saturated heterocycles. The third-order valence-electron chi connectivity index (χ3n) is 12.2. The van der Waals surface area contributed by atoms with Gasteiger partial charge in [-0.1, -0.05) is 51.0 Å². The topological polar surface area (TPSA) is 168 Å². The molecule has 2 aromatic rings. The Hall–Kier alpha value is -3.08. The Balaban J connectivity index is 1.75. The van der Waals surface area contributed by atoms with E-state index in [9.17, 15) is 19.8 Å². The number of rotatable bonds is 13. The summed E-state index contributed by atoms with van der Waals surface area (Å²) in [6, 6.07) is 9.80. The molecule has 2 N–H and O–H groups in total. The third-order valence-corrected chi connectivity index (χ3v) is 12.2. The molecule has 1 aromatic heterocycles. The molecule has 1 aromatic carbocycles. The van der Waals surface area contributed by atoms with E-state index in [0.717, 1.165) is 16.5 Å². The summed E-state index contributed by atoms with van der Waals surface area (Å²) in [4.78, 5) is 40.5. The van der Waals surface area contributed by atoms with Crippen LogP contribution in [0.25, 0.3) is 10.9 Å². The number of Topliss-reactive ketones (excluding diaryl/α,β-unsaturated/α-hetero) is 1. The highest BCUT2D eigenvalue weighted by Gasteiger charge is 2.52. The number of aryl methyl sites for hydroxylation is 1. The zero-order valence-corrected chi connectivity index (χ0v) is 36.7. The second-order valence-electron chi connectivity index (χ2n) is 17.0. The van der Waals surface area contributed by atoms with E-state index in [1.807, 2.05) is 84.1 Å². The van der Waals surface area contributed by atoms with Gasteiger partial charge < -0.3 is 48.4 Å². The summed E-state index contributed by atoms with van der Waals surface area (Å²) in [5, 5.41) is 29.6. The number of aliphatic hydroxyl groups is 2. The largest absolute Gasteiger partial charge is 0.459 e. The molecular formula is C44H69N3O11. The molecule has 326 valence electrons. The summed E-state index contributed by atoms with van der Waals surface area (Å²) in [6.45, 7) is 14.4. The van der Waals surface area contributed by atoms with Crippen molar-refractivity contribution >= 4 is 28.4 Å². The van der Waals surface area contributed by atoms with Crippen molar-refractivity contribution in [3.05, 3.63) is 42.1 Å². The van der Waals surface area contributed by atoms with Gasteiger partial charge in [-0.05, 0) is 91.6 Å². The standard InChI is InChI=1S/C44H69N3O11/c1-13-35-44(8,51)40(54-20-16-17-31-22-32-18-14-15-19-33(32)45-24-31)28(4)36(46-55-25-52-11)26(2)23-43(7,53-12)39(29(5)37(48)30(6)41(50)57-35)58-42-38(49)34(47(9)10)21-27(3)56-42/h14-15,18-19,22,24,26-30,34-35,38-40,42,49,51H,13,16-17,20-21,23,25H2,1-12H3/b46-36+/t26-,27-,28-,29+,30-,34+,35+,38-,39-,40?,42+,43+,44-/m1/s1. The van der Waals surface area contributed by atoms with E-state index in [4.69, 9.17) is 33.3 Å². The number of hydrogen-bond acceptors (Lipinski definition) is 14. The highest BCUT2D eigenvalue weighted by atomic mass is 16.7. The number of pyridine rings is 1. The summed E-state index contributed by atoms with van der Waals surface area (Å²) in [5.41, 5.74) is -0.439. The fourth-order valence-corrected chi connectivity index (χ4v) is 8.81. The van der Waals surface area contributed by atoms with Crippen LogP contribution in [0.2, 0.25) is 0 Å². The van der Waals surface area contributed by atoms with Gasteiger partial charge in [-0.3, -0.25) is 14.6 Å². The Morgan fingerprint density at radius 3 is 2.40 bits per heavy atom. The molecule has 13 atom stereocenters. The molecule has 14 nitrogen and oxygen atoms in total. The van der Waals surface area contributed by atoms with Gasteiger partial charge >= 0.3 is 5.97 Å². The average molecular weight is 816 g/mol. The number of methoxy groups -OCH3 is 2. The summed E-state index contributed by atoms with van der Waals surface area (Å²) < 4.78 is 37.1. The minimum Gasteiger partial charge on any atom is -0.459 e. The molecule has 0 amide bonds. The van der Waals surface area contributed by atoms with Gasteiger partial charge in [-0.2, -0.15) is 0 Å². The molecule has 0 spiro atoms. The highest BCUT2D eigenvalue weighted by Crippen LogP contribution is 2.39. The van der Waals surface area contributed by atoms with Crippen LogP contribution >= 0.6 is 0 Å². The number of fused-ring (bicyclic) bond motifs is 1. The molecule has 3 heterocycles. The molecule has 58 heavy (non-hydrogen) atoms. The molecule has 2 fully saturated rings. The maximum atomic E-state index is 14.4. The van der Waals surface area contributed by atoms with Crippen molar-refractivity contribution in [3.63, 3.8) is 0 Å². The van der Waals surface area contributed by atoms with E-state index in [1.54, 1.807) is 21.0 Å². The fraction of sp³-hybridized carbons (Fsp3) is 0.727. The molecule has 0 saturated carbocycles. The van der Waals surface area contributed by atoms with Crippen molar-refractivity contribution in [1.29, 1.82) is 0 Å². The number of para-hydroxylation sites is 1. The smallest absolute Gasteiger partial charge is 0.316 e. The predicted octanol–water partition coefficient (Wildman–Crippen LogP) is 5.34. The number of aliphatic hydroxyl groups excluding tert-OH is 1. The van der Waals surface area contributed by atoms with Gasteiger partial charge in [0.2, 0.25) is 6.79 Å². The molecule has 1 unspecified atom stereocenters. The maximum Gasteiger partial charge on any atom is 0.316 e. The first-order valence-electron chi connectivity index (χ1n) is 20.7. The number of benzene rings is 1. The first-order chi connectivity index (χ1) is 27.4. The lowest BCUT2D eigenvalue weighted by Crippen LogP contribution is -2.60. The summed E-state index contributed by atoms with van der Waals surface area (Å²) in [5.74, 6) is -4.38. The van der Waals surface area contributed by atoms with Crippen molar-refractivity contribution in [2.45, 2.75) is 142 Å². The fourth-order valence-electron chi connectivity index (χ4n) is 8.81. The van der Waals surface area contributed by atoms with Crippen LogP contribution in [0.4, 0.5) is 0 Å². The van der Waals surface area contributed by atoms with E-state index in [0.29, 0.717) is 25.0 Å². The first-order valence-corrected chi connectivity index (χ1v) is 20.7. The third kappa shape index (κ3) is 11.2. The van der Waals surface area contributed by atoms with Gasteiger partial charge in [0.15, 0.2) is 12.1 Å². The van der Waals surface area contributed by atoms with Crippen LogP contribution in [0.5, 0.6) is 0 Å². The number of carbonyl (C=O) groups excluding carboxylic acids is 2. The van der Waals surface area contributed by atoms with Crippen molar-refractivity contribution in [3.8, 4) is 0 Å². The maximum absolute atomic E-state index is 14.4. The van der Waals surface area contributed by atoms with Crippen molar-refractivity contribution < 1.29 is 53.1 Å². The van der Waals surface area contributed by atoms with Crippen LogP contribution in [0.15, 0.2) is 41.7 Å². The van der Waals surface area contributed by atoms with E-state index in [1.165, 1.54) is 14.0 Å². The van der Waals surface area contributed by atoms with Crippen molar-refractivity contribution in [2.75, 3.05) is 41.7 Å². The normalized spacial score (nSPS) is 36.5. The SMILES string of the molecule is CC[C@@H]1OC(=O)[C@H](C)C(=O)[C@H](C)[C@@H](O[C@@H]2O[C@H](C)C[C@H](N(C)C)[C@H]2O)[C@@](C)(OC)C[C@@H](C)/C(=N\OCOC)[C@@H](C)C(OCCCc2cnc3ccccc3c2)[C@]1(C)O. The van der Waals surface area contributed by atoms with Crippen LogP contribution in [-0.2, 0) is 49.3 Å². The predicted molar refractivity (Wildman–Crippen MR) is 220 cm³/mol. The zero-order valence-electron chi connectivity index (χ0n) is 36.7. The quantitative estimate of drug-likeness (QED) is 0.0876. The minimum absolute atomic E-state index is 0.126. The lowest BCUT2D eigenvalue weighted by atomic mass is 9.73. The molecular weight excluding hydrogens is 746 g/mol. The Kier molecular flexibility index (Phi) is 17.2. The highest BCUT2D eigenvalue weighted by molar-refractivity contribution is 6.00. The van der Waals surface area contributed by atoms with Crippen LogP contribution < -0.4 is 0 Å². The number of hydrogen-bond donors (Lipinski definition) is 2. The second-order valence-corrected chi connectivity index (χ2v) is 17.0. The Labute approximate surface area is 344 Å². The molecule has 2 aliphatic heterocycles. The lowest BCUT2D eigenvalue weighted by molar-refractivity contribution is -0.295. The van der Waals surface area contributed by atoms with Crippen LogP contribution in [-0.4, -0.2) is 133 Å². The monoisotopic (exact) mass is 815 g/mol. The Morgan fingerprint density at radius 2 is 1.74 bits per heavy atom. The van der Waals surface area contributed by atoms with E-state index < -0.39 is 77.3 Å². The van der Waals surface area contributed by atoms with Gasteiger partial charge in [0.1, 0.15) is 23.7 Å². The molecule has 14 heteroatoms. The second kappa shape index (κ2) is 20.9. The number of cyclic esters (lactones) is 1.